The number of piperidine rings is 1. The molecule has 8 heteroatoms. The molecule has 1 aromatic carbocycles. The number of aromatic nitrogens is 2. The van der Waals surface area contributed by atoms with Crippen molar-refractivity contribution >= 4 is 17.4 Å². The molecule has 154 valence electrons. The molecule has 0 radical (unpaired) electrons. The van der Waals surface area contributed by atoms with E-state index in [1.165, 1.54) is 0 Å². The Morgan fingerprint density at radius 2 is 2.14 bits per heavy atom. The lowest BCUT2D eigenvalue weighted by Gasteiger charge is -2.31. The zero-order valence-electron chi connectivity index (χ0n) is 16.9. The summed E-state index contributed by atoms with van der Waals surface area (Å²) >= 11 is 0. The van der Waals surface area contributed by atoms with E-state index in [0.29, 0.717) is 36.4 Å². The van der Waals surface area contributed by atoms with E-state index < -0.39 is 0 Å². The Hall–Kier alpha value is -2.74. The maximum Gasteiger partial charge on any atom is 0.306 e. The fourth-order valence-electron chi connectivity index (χ4n) is 4.14. The Labute approximate surface area is 170 Å². The van der Waals surface area contributed by atoms with Crippen molar-refractivity contribution in [1.82, 2.24) is 15.0 Å². The second kappa shape index (κ2) is 8.32. The van der Waals surface area contributed by atoms with Gasteiger partial charge < -0.3 is 24.9 Å². The molecule has 2 aliphatic rings. The van der Waals surface area contributed by atoms with Crippen LogP contribution in [0.25, 0.3) is 11.4 Å². The van der Waals surface area contributed by atoms with Crippen LogP contribution < -0.4 is 5.32 Å². The highest BCUT2D eigenvalue weighted by molar-refractivity contribution is 6.02. The third-order valence-electron chi connectivity index (χ3n) is 5.78. The molecular formula is C21H27N5O3. The second-order valence-corrected chi connectivity index (χ2v) is 7.92. The molecule has 0 amide bonds. The van der Waals surface area contributed by atoms with Gasteiger partial charge in [-0.2, -0.15) is 4.98 Å². The van der Waals surface area contributed by atoms with Crippen LogP contribution in [0.5, 0.6) is 0 Å². The van der Waals surface area contributed by atoms with Gasteiger partial charge in [-0.1, -0.05) is 17.3 Å². The van der Waals surface area contributed by atoms with Crippen LogP contribution in [-0.4, -0.2) is 60.0 Å². The van der Waals surface area contributed by atoms with E-state index in [2.05, 4.69) is 20.4 Å². The molecule has 0 spiro atoms. The summed E-state index contributed by atoms with van der Waals surface area (Å²) in [4.78, 5) is 18.3. The summed E-state index contributed by atoms with van der Waals surface area (Å²) in [6.07, 6.45) is 2.48. The number of carbonyl (C=O) groups is 1. The average molecular weight is 397 g/mol. The first-order valence-corrected chi connectivity index (χ1v) is 10.1. The van der Waals surface area contributed by atoms with Crippen LogP contribution in [0.4, 0.5) is 5.69 Å². The predicted molar refractivity (Wildman–Crippen MR) is 109 cm³/mol. The molecule has 3 heterocycles. The topological polar surface area (TPSA) is 104 Å². The number of rotatable bonds is 6. The fraction of sp³-hybridized carbons (Fsp3) is 0.524. The highest BCUT2D eigenvalue weighted by Crippen LogP contribution is 2.30. The largest absolute Gasteiger partial charge is 0.465 e. The zero-order chi connectivity index (χ0) is 20.4. The third kappa shape index (κ3) is 4.32. The predicted octanol–water partition coefficient (Wildman–Crippen LogP) is 2.91. The van der Waals surface area contributed by atoms with Gasteiger partial charge in [-0.3, -0.25) is 4.79 Å². The number of benzene rings is 1. The van der Waals surface area contributed by atoms with Gasteiger partial charge in [0.05, 0.1) is 13.0 Å². The molecule has 8 nitrogen and oxygen atoms in total. The number of nitrogens with one attached hydrogen (secondary N) is 2. The van der Waals surface area contributed by atoms with Crippen molar-refractivity contribution in [3.63, 3.8) is 0 Å². The van der Waals surface area contributed by atoms with Crippen molar-refractivity contribution < 1.29 is 14.1 Å². The number of hydrogen-bond donors (Lipinski definition) is 2. The number of anilines is 1. The third-order valence-corrected chi connectivity index (χ3v) is 5.78. The van der Waals surface area contributed by atoms with Crippen molar-refractivity contribution in [2.75, 3.05) is 38.6 Å². The van der Waals surface area contributed by atoms with Gasteiger partial charge in [0.2, 0.25) is 11.7 Å². The fourth-order valence-corrected chi connectivity index (χ4v) is 4.14. The minimum absolute atomic E-state index is 0.0754. The van der Waals surface area contributed by atoms with Crippen LogP contribution in [0.2, 0.25) is 0 Å². The van der Waals surface area contributed by atoms with Crippen LogP contribution >= 0.6 is 0 Å². The van der Waals surface area contributed by atoms with Gasteiger partial charge in [-0.05, 0) is 38.9 Å². The number of esters is 1. The van der Waals surface area contributed by atoms with Gasteiger partial charge in [0.25, 0.3) is 0 Å². The molecule has 1 aromatic heterocycles. The molecule has 0 aliphatic carbocycles. The van der Waals surface area contributed by atoms with Crippen LogP contribution in [0.1, 0.15) is 43.6 Å². The summed E-state index contributed by atoms with van der Waals surface area (Å²) in [6.45, 7) is 5.16. The van der Waals surface area contributed by atoms with E-state index in [9.17, 15) is 4.79 Å². The summed E-state index contributed by atoms with van der Waals surface area (Å²) in [6, 6.07) is 5.79. The minimum atomic E-state index is -0.0754. The SMILES string of the molecule is CNc1cc(-c2noc(C3CCN(CC4COC(=O)C4)CC3)n2)ccc1C(C)=N. The monoisotopic (exact) mass is 397 g/mol. The van der Waals surface area contributed by atoms with Gasteiger partial charge >= 0.3 is 5.97 Å². The lowest BCUT2D eigenvalue weighted by molar-refractivity contribution is -0.137. The molecule has 1 atom stereocenters. The van der Waals surface area contributed by atoms with Crippen molar-refractivity contribution in [2.45, 2.75) is 32.1 Å². The number of likely N-dealkylation sites (tertiary alicyclic amines) is 1. The summed E-state index contributed by atoms with van der Waals surface area (Å²) in [5.74, 6) is 1.78. The van der Waals surface area contributed by atoms with Crippen LogP contribution in [0, 0.1) is 11.3 Å². The summed E-state index contributed by atoms with van der Waals surface area (Å²) in [5.41, 5.74) is 3.12. The number of ether oxygens (including phenoxy) is 1. The van der Waals surface area contributed by atoms with Gasteiger partial charge in [0.1, 0.15) is 0 Å². The Bertz CT molecular complexity index is 901. The number of carbonyl (C=O) groups excluding carboxylic acids is 1. The molecular weight excluding hydrogens is 370 g/mol. The molecule has 0 saturated carbocycles. The lowest BCUT2D eigenvalue weighted by Crippen LogP contribution is -2.36. The molecule has 29 heavy (non-hydrogen) atoms. The molecule has 4 rings (SSSR count). The van der Waals surface area contributed by atoms with E-state index >= 15 is 0 Å². The first-order chi connectivity index (χ1) is 14.0. The molecule has 2 aliphatic heterocycles. The van der Waals surface area contributed by atoms with Crippen LogP contribution in [0.15, 0.2) is 22.7 Å². The lowest BCUT2D eigenvalue weighted by atomic mass is 9.95. The summed E-state index contributed by atoms with van der Waals surface area (Å²) in [5, 5.41) is 15.2. The molecule has 2 fully saturated rings. The van der Waals surface area contributed by atoms with Gasteiger partial charge in [0.15, 0.2) is 0 Å². The Balaban J connectivity index is 1.38. The van der Waals surface area contributed by atoms with E-state index in [-0.39, 0.29) is 11.9 Å². The van der Waals surface area contributed by atoms with E-state index in [4.69, 9.17) is 14.7 Å². The van der Waals surface area contributed by atoms with Gasteiger partial charge in [-0.15, -0.1) is 0 Å². The van der Waals surface area contributed by atoms with Crippen molar-refractivity contribution in [3.05, 3.63) is 29.7 Å². The van der Waals surface area contributed by atoms with E-state index in [1.54, 1.807) is 6.92 Å². The highest BCUT2D eigenvalue weighted by atomic mass is 16.5. The average Bonchev–Trinajstić information content (AvgIpc) is 3.37. The van der Waals surface area contributed by atoms with E-state index in [1.807, 2.05) is 25.2 Å². The first kappa shape index (κ1) is 19.6. The second-order valence-electron chi connectivity index (χ2n) is 7.92. The Morgan fingerprint density at radius 1 is 1.34 bits per heavy atom. The van der Waals surface area contributed by atoms with Crippen molar-refractivity contribution in [3.8, 4) is 11.4 Å². The smallest absolute Gasteiger partial charge is 0.306 e. The van der Waals surface area contributed by atoms with Gasteiger partial charge in [-0.25, -0.2) is 0 Å². The summed E-state index contributed by atoms with van der Waals surface area (Å²) in [7, 11) is 1.84. The summed E-state index contributed by atoms with van der Waals surface area (Å²) < 4.78 is 10.6. The maximum atomic E-state index is 11.3. The zero-order valence-corrected chi connectivity index (χ0v) is 16.9. The molecule has 2 saturated heterocycles. The highest BCUT2D eigenvalue weighted by Gasteiger charge is 2.30. The Morgan fingerprint density at radius 3 is 2.79 bits per heavy atom. The molecule has 0 bridgehead atoms. The van der Waals surface area contributed by atoms with Crippen molar-refractivity contribution in [2.24, 2.45) is 5.92 Å². The molecule has 2 aromatic rings. The van der Waals surface area contributed by atoms with Crippen LogP contribution in [0.3, 0.4) is 0 Å². The number of nitrogens with zero attached hydrogens (tertiary/aromatic N) is 3. The first-order valence-electron chi connectivity index (χ1n) is 10.1. The standard InChI is InChI=1S/C21H27N5O3/c1-13(22)17-4-3-16(10-18(17)23-2)20-24-21(29-25-20)15-5-7-26(8-6-15)11-14-9-19(27)28-12-14/h3-4,10,14-15,22-23H,5-9,11-12H2,1-2H3. The Kier molecular flexibility index (Phi) is 5.62. The van der Waals surface area contributed by atoms with Gasteiger partial charge in [0, 0.05) is 48.0 Å². The molecule has 2 N–H and O–H groups in total. The van der Waals surface area contributed by atoms with Crippen LogP contribution in [-0.2, 0) is 9.53 Å². The number of hydrogen-bond acceptors (Lipinski definition) is 8. The van der Waals surface area contributed by atoms with E-state index in [0.717, 1.165) is 49.3 Å². The maximum absolute atomic E-state index is 11.3. The minimum Gasteiger partial charge on any atom is -0.465 e. The number of cyclic esters (lactones) is 1. The quantitative estimate of drug-likeness (QED) is 0.570. The normalized spacial score (nSPS) is 20.6. The molecule has 1 unspecified atom stereocenters. The van der Waals surface area contributed by atoms with Crippen molar-refractivity contribution in [1.29, 1.82) is 5.41 Å².